The van der Waals surface area contributed by atoms with Crippen LogP contribution in [0.2, 0.25) is 0 Å². The summed E-state index contributed by atoms with van der Waals surface area (Å²) in [6, 6.07) is 16.5. The molecule has 3 rings (SSSR count). The molecule has 1 amide bonds. The van der Waals surface area contributed by atoms with Crippen LogP contribution in [-0.4, -0.2) is 31.2 Å². The second-order valence-electron chi connectivity index (χ2n) is 6.11. The molecule has 0 saturated carbocycles. The zero-order valence-corrected chi connectivity index (χ0v) is 14.9. The number of anilines is 1. The zero-order valence-electron chi connectivity index (χ0n) is 14.1. The maximum atomic E-state index is 12.8. The number of benzene rings is 2. The monoisotopic (exact) mass is 369 g/mol. The maximum absolute atomic E-state index is 12.8. The summed E-state index contributed by atoms with van der Waals surface area (Å²) in [5.74, 6) is -0.338. The van der Waals surface area contributed by atoms with E-state index >= 15 is 0 Å². The Kier molecular flexibility index (Phi) is 5.35. The summed E-state index contributed by atoms with van der Waals surface area (Å²) in [7, 11) is -3.70. The summed E-state index contributed by atoms with van der Waals surface area (Å²) >= 11 is 0. The quantitative estimate of drug-likeness (QED) is 0.877. The van der Waals surface area contributed by atoms with Crippen LogP contribution >= 0.6 is 0 Å². The molecule has 1 atom stereocenters. The van der Waals surface area contributed by atoms with Crippen molar-refractivity contribution in [2.75, 3.05) is 11.9 Å². The highest BCUT2D eigenvalue weighted by Gasteiger charge is 2.39. The Balaban J connectivity index is 1.75. The largest absolute Gasteiger partial charge is 0.325 e. The van der Waals surface area contributed by atoms with Crippen molar-refractivity contribution < 1.29 is 13.2 Å². The van der Waals surface area contributed by atoms with Crippen LogP contribution in [-0.2, 0) is 21.2 Å². The molecule has 1 aliphatic heterocycles. The second kappa shape index (κ2) is 7.68. The molecule has 0 radical (unpaired) electrons. The number of rotatable bonds is 5. The Morgan fingerprint density at radius 2 is 1.85 bits per heavy atom. The molecule has 1 heterocycles. The van der Waals surface area contributed by atoms with Crippen LogP contribution in [0.1, 0.15) is 18.4 Å². The van der Waals surface area contributed by atoms with Gasteiger partial charge in [0.05, 0.1) is 17.4 Å². The molecule has 2 aromatic carbocycles. The van der Waals surface area contributed by atoms with Crippen molar-refractivity contribution in [1.82, 2.24) is 4.31 Å². The van der Waals surface area contributed by atoms with Crippen molar-refractivity contribution in [3.8, 4) is 6.07 Å². The summed E-state index contributed by atoms with van der Waals surface area (Å²) in [6.07, 6.45) is 1.44. The zero-order chi connectivity index (χ0) is 18.6. The Labute approximate surface area is 153 Å². The van der Waals surface area contributed by atoms with Gasteiger partial charge in [-0.1, -0.05) is 30.3 Å². The predicted molar refractivity (Wildman–Crippen MR) is 97.7 cm³/mol. The van der Waals surface area contributed by atoms with Crippen molar-refractivity contribution in [2.45, 2.75) is 30.2 Å². The highest BCUT2D eigenvalue weighted by atomic mass is 32.2. The van der Waals surface area contributed by atoms with Gasteiger partial charge in [0, 0.05) is 12.2 Å². The standard InChI is InChI=1S/C19H19N3O3S/c20-13-12-15-8-10-16(11-9-15)21-19(23)18-7-4-14-22(18)26(24,25)17-5-2-1-3-6-17/h1-3,5-6,8-11,18H,4,7,12,14H2,(H,21,23). The molecule has 0 aromatic heterocycles. The van der Waals surface area contributed by atoms with Crippen LogP contribution in [0.25, 0.3) is 0 Å². The molecular weight excluding hydrogens is 350 g/mol. The van der Waals surface area contributed by atoms with E-state index in [2.05, 4.69) is 11.4 Å². The van der Waals surface area contributed by atoms with E-state index in [0.29, 0.717) is 31.5 Å². The molecule has 7 heteroatoms. The van der Waals surface area contributed by atoms with Crippen molar-refractivity contribution in [2.24, 2.45) is 0 Å². The van der Waals surface area contributed by atoms with E-state index in [0.717, 1.165) is 5.56 Å². The van der Waals surface area contributed by atoms with E-state index in [9.17, 15) is 13.2 Å². The van der Waals surface area contributed by atoms with Crippen LogP contribution in [0.4, 0.5) is 5.69 Å². The molecule has 1 saturated heterocycles. The van der Waals surface area contributed by atoms with Gasteiger partial charge in [0.2, 0.25) is 15.9 Å². The van der Waals surface area contributed by atoms with Gasteiger partial charge in [0.25, 0.3) is 0 Å². The molecule has 0 spiro atoms. The lowest BCUT2D eigenvalue weighted by Gasteiger charge is -2.23. The Bertz CT molecular complexity index is 919. The Hall–Kier alpha value is -2.69. The maximum Gasteiger partial charge on any atom is 0.243 e. The predicted octanol–water partition coefficient (Wildman–Crippen LogP) is 2.54. The normalized spacial score (nSPS) is 17.6. The van der Waals surface area contributed by atoms with Crippen LogP contribution in [0.3, 0.4) is 0 Å². The van der Waals surface area contributed by atoms with Crippen LogP contribution in [0.5, 0.6) is 0 Å². The van der Waals surface area contributed by atoms with Gasteiger partial charge in [-0.3, -0.25) is 4.79 Å². The summed E-state index contributed by atoms with van der Waals surface area (Å²) in [5, 5.41) is 11.5. The fourth-order valence-corrected chi connectivity index (χ4v) is 4.72. The number of carbonyl (C=O) groups is 1. The van der Waals surface area contributed by atoms with Gasteiger partial charge in [0.15, 0.2) is 0 Å². The van der Waals surface area contributed by atoms with Crippen LogP contribution in [0.15, 0.2) is 59.5 Å². The first kappa shape index (κ1) is 18.1. The number of hydrogen-bond donors (Lipinski definition) is 1. The first-order valence-corrected chi connectivity index (χ1v) is 9.80. The third kappa shape index (κ3) is 3.77. The lowest BCUT2D eigenvalue weighted by molar-refractivity contribution is -0.119. The average molecular weight is 369 g/mol. The van der Waals surface area contributed by atoms with Gasteiger partial charge in [-0.05, 0) is 42.7 Å². The first-order chi connectivity index (χ1) is 12.5. The molecule has 26 heavy (non-hydrogen) atoms. The fraction of sp³-hybridized carbons (Fsp3) is 0.263. The van der Waals surface area contributed by atoms with Crippen molar-refractivity contribution in [1.29, 1.82) is 5.26 Å². The van der Waals surface area contributed by atoms with Crippen molar-refractivity contribution >= 4 is 21.6 Å². The number of carbonyl (C=O) groups excluding carboxylic acids is 1. The number of amides is 1. The summed E-state index contributed by atoms with van der Waals surface area (Å²) in [5.41, 5.74) is 1.44. The number of hydrogen-bond acceptors (Lipinski definition) is 4. The third-order valence-electron chi connectivity index (χ3n) is 4.36. The fourth-order valence-electron chi connectivity index (χ4n) is 3.04. The number of nitriles is 1. The number of nitrogens with zero attached hydrogens (tertiary/aromatic N) is 2. The van der Waals surface area contributed by atoms with Crippen molar-refractivity contribution in [3.05, 3.63) is 60.2 Å². The summed E-state index contributed by atoms with van der Waals surface area (Å²) < 4.78 is 26.9. The van der Waals surface area contributed by atoms with Crippen LogP contribution in [0, 0.1) is 11.3 Å². The highest BCUT2D eigenvalue weighted by molar-refractivity contribution is 7.89. The highest BCUT2D eigenvalue weighted by Crippen LogP contribution is 2.27. The third-order valence-corrected chi connectivity index (χ3v) is 6.28. The topological polar surface area (TPSA) is 90.3 Å². The van der Waals surface area contributed by atoms with E-state index in [4.69, 9.17) is 5.26 Å². The lowest BCUT2D eigenvalue weighted by atomic mass is 10.1. The molecule has 0 aliphatic carbocycles. The molecule has 134 valence electrons. The summed E-state index contributed by atoms with van der Waals surface area (Å²) in [6.45, 7) is 0.330. The van der Waals surface area contributed by atoms with Crippen LogP contribution < -0.4 is 5.32 Å². The average Bonchev–Trinajstić information content (AvgIpc) is 3.15. The van der Waals surface area contributed by atoms with E-state index in [1.54, 1.807) is 42.5 Å². The molecule has 0 bridgehead atoms. The minimum absolute atomic E-state index is 0.195. The minimum atomic E-state index is -3.70. The first-order valence-electron chi connectivity index (χ1n) is 8.36. The van der Waals surface area contributed by atoms with E-state index in [-0.39, 0.29) is 10.8 Å². The Morgan fingerprint density at radius 1 is 1.15 bits per heavy atom. The molecule has 1 unspecified atom stereocenters. The van der Waals surface area contributed by atoms with Gasteiger partial charge in [-0.2, -0.15) is 9.57 Å². The van der Waals surface area contributed by atoms with Gasteiger partial charge in [-0.15, -0.1) is 0 Å². The number of nitrogens with one attached hydrogen (secondary N) is 1. The molecule has 2 aromatic rings. The minimum Gasteiger partial charge on any atom is -0.325 e. The molecule has 6 nitrogen and oxygen atoms in total. The number of sulfonamides is 1. The molecule has 1 fully saturated rings. The second-order valence-corrected chi connectivity index (χ2v) is 8.00. The van der Waals surface area contributed by atoms with Gasteiger partial charge >= 0.3 is 0 Å². The van der Waals surface area contributed by atoms with Gasteiger partial charge < -0.3 is 5.32 Å². The lowest BCUT2D eigenvalue weighted by Crippen LogP contribution is -2.43. The van der Waals surface area contributed by atoms with Gasteiger partial charge in [0.1, 0.15) is 6.04 Å². The molecule has 1 N–H and O–H groups in total. The van der Waals surface area contributed by atoms with E-state index in [1.165, 1.54) is 16.4 Å². The molecular formula is C19H19N3O3S. The van der Waals surface area contributed by atoms with Crippen molar-refractivity contribution in [3.63, 3.8) is 0 Å². The van der Waals surface area contributed by atoms with E-state index < -0.39 is 16.1 Å². The molecule has 1 aliphatic rings. The smallest absolute Gasteiger partial charge is 0.243 e. The Morgan fingerprint density at radius 3 is 2.50 bits per heavy atom. The SMILES string of the molecule is N#CCc1ccc(NC(=O)C2CCCN2S(=O)(=O)c2ccccc2)cc1. The van der Waals surface area contributed by atoms with Gasteiger partial charge in [-0.25, -0.2) is 8.42 Å². The summed E-state index contributed by atoms with van der Waals surface area (Å²) in [4.78, 5) is 12.8. The van der Waals surface area contributed by atoms with E-state index in [1.807, 2.05) is 0 Å².